The number of hydrogen-bond acceptors (Lipinski definition) is 6. The summed E-state index contributed by atoms with van der Waals surface area (Å²) in [5.41, 5.74) is 1.75. The first-order valence-electron chi connectivity index (χ1n) is 9.74. The van der Waals surface area contributed by atoms with Crippen molar-refractivity contribution >= 4 is 41.5 Å². The molecule has 1 aromatic heterocycles. The number of hydrogen-bond donors (Lipinski definition) is 3. The number of carbonyl (C=O) groups excluding carboxylic acids is 1. The lowest BCUT2D eigenvalue weighted by Gasteiger charge is -2.26. The SMILES string of the molecule is Cl.O=C(NC[C@@H]1CNCCO[C@H]1c1ccc(Cl)c(Cl)c1)c1ccccc1-c1noc(=O)[nH]1. The number of nitrogens with one attached hydrogen (secondary N) is 3. The molecule has 3 aromatic rings. The minimum Gasteiger partial charge on any atom is -0.372 e. The smallest absolute Gasteiger partial charge is 0.372 e. The minimum absolute atomic E-state index is 0. The molecular weight excluding hydrogens is 479 g/mol. The molecule has 1 saturated heterocycles. The van der Waals surface area contributed by atoms with Gasteiger partial charge in [0, 0.05) is 31.1 Å². The molecule has 3 N–H and O–H groups in total. The first-order valence-corrected chi connectivity index (χ1v) is 10.5. The maximum Gasteiger partial charge on any atom is 0.439 e. The van der Waals surface area contributed by atoms with E-state index < -0.39 is 5.76 Å². The molecule has 2 heterocycles. The maximum absolute atomic E-state index is 13.0. The van der Waals surface area contributed by atoms with E-state index in [1.165, 1.54) is 0 Å². The van der Waals surface area contributed by atoms with Gasteiger partial charge in [0.05, 0.1) is 28.3 Å². The largest absolute Gasteiger partial charge is 0.439 e. The Morgan fingerprint density at radius 2 is 2.00 bits per heavy atom. The number of carbonyl (C=O) groups is 1. The van der Waals surface area contributed by atoms with Gasteiger partial charge in [-0.3, -0.25) is 14.3 Å². The number of H-pyrrole nitrogens is 1. The molecule has 0 saturated carbocycles. The van der Waals surface area contributed by atoms with Crippen LogP contribution in [0.25, 0.3) is 11.4 Å². The summed E-state index contributed by atoms with van der Waals surface area (Å²) in [5.74, 6) is -0.820. The fourth-order valence-corrected chi connectivity index (χ4v) is 3.88. The Bertz CT molecular complexity index is 1130. The second kappa shape index (κ2) is 11.0. The molecule has 11 heteroatoms. The van der Waals surface area contributed by atoms with Crippen LogP contribution in [-0.4, -0.2) is 42.3 Å². The lowest BCUT2D eigenvalue weighted by Crippen LogP contribution is -2.36. The van der Waals surface area contributed by atoms with Crippen LogP contribution in [-0.2, 0) is 4.74 Å². The van der Waals surface area contributed by atoms with Gasteiger partial charge in [0.15, 0.2) is 5.82 Å². The molecule has 8 nitrogen and oxygen atoms in total. The molecule has 170 valence electrons. The Morgan fingerprint density at radius 3 is 2.75 bits per heavy atom. The predicted molar refractivity (Wildman–Crippen MR) is 124 cm³/mol. The van der Waals surface area contributed by atoms with Crippen molar-refractivity contribution in [2.45, 2.75) is 6.10 Å². The van der Waals surface area contributed by atoms with Gasteiger partial charge in [0.25, 0.3) is 5.91 Å². The van der Waals surface area contributed by atoms with Crippen molar-refractivity contribution in [3.05, 3.63) is 74.2 Å². The van der Waals surface area contributed by atoms with Crippen LogP contribution < -0.4 is 16.4 Å². The number of amides is 1. The molecule has 0 spiro atoms. The highest BCUT2D eigenvalue weighted by Crippen LogP contribution is 2.32. The summed E-state index contributed by atoms with van der Waals surface area (Å²) in [6, 6.07) is 12.3. The number of nitrogens with zero attached hydrogens (tertiary/aromatic N) is 1. The Morgan fingerprint density at radius 1 is 1.19 bits per heavy atom. The second-order valence-corrected chi connectivity index (χ2v) is 7.94. The lowest BCUT2D eigenvalue weighted by atomic mass is 9.95. The third-order valence-electron chi connectivity index (χ3n) is 5.08. The molecule has 1 aliphatic heterocycles. The van der Waals surface area contributed by atoms with Crippen LogP contribution in [0, 0.1) is 5.92 Å². The highest BCUT2D eigenvalue weighted by atomic mass is 35.5. The average Bonchev–Trinajstić information content (AvgIpc) is 3.07. The van der Waals surface area contributed by atoms with Crippen molar-refractivity contribution in [3.8, 4) is 11.4 Å². The highest BCUT2D eigenvalue weighted by Gasteiger charge is 2.27. The van der Waals surface area contributed by atoms with Crippen molar-refractivity contribution in [1.29, 1.82) is 0 Å². The van der Waals surface area contributed by atoms with Crippen molar-refractivity contribution in [2.75, 3.05) is 26.2 Å². The van der Waals surface area contributed by atoms with Crippen molar-refractivity contribution in [2.24, 2.45) is 5.92 Å². The van der Waals surface area contributed by atoms with Gasteiger partial charge >= 0.3 is 5.76 Å². The number of ether oxygens (including phenoxy) is 1. The van der Waals surface area contributed by atoms with E-state index in [9.17, 15) is 9.59 Å². The first kappa shape index (κ1) is 24.3. The molecule has 0 aliphatic carbocycles. The van der Waals surface area contributed by atoms with E-state index in [0.717, 1.165) is 5.56 Å². The summed E-state index contributed by atoms with van der Waals surface area (Å²) in [6.07, 6.45) is -0.257. The normalized spacial score (nSPS) is 18.4. The van der Waals surface area contributed by atoms with Crippen LogP contribution in [0.1, 0.15) is 22.0 Å². The third-order valence-corrected chi connectivity index (χ3v) is 5.81. The summed E-state index contributed by atoms with van der Waals surface area (Å²) in [6.45, 7) is 2.27. The molecule has 1 amide bonds. The predicted octanol–water partition coefficient (Wildman–Crippen LogP) is 3.47. The van der Waals surface area contributed by atoms with Crippen LogP contribution >= 0.6 is 35.6 Å². The Hall–Kier alpha value is -2.36. The van der Waals surface area contributed by atoms with Crippen molar-refractivity contribution in [3.63, 3.8) is 0 Å². The second-order valence-electron chi connectivity index (χ2n) is 7.13. The fraction of sp³-hybridized carbons (Fsp3) is 0.286. The van der Waals surface area contributed by atoms with Gasteiger partial charge in [-0.1, -0.05) is 52.6 Å². The van der Waals surface area contributed by atoms with Crippen LogP contribution in [0.5, 0.6) is 0 Å². The lowest BCUT2D eigenvalue weighted by molar-refractivity contribution is 0.0306. The van der Waals surface area contributed by atoms with E-state index in [0.29, 0.717) is 47.4 Å². The summed E-state index contributed by atoms with van der Waals surface area (Å²) in [7, 11) is 0. The molecule has 0 unspecified atom stereocenters. The Balaban J connectivity index is 0.00000289. The van der Waals surface area contributed by atoms with Gasteiger partial charge in [-0.15, -0.1) is 12.4 Å². The Labute approximate surface area is 200 Å². The molecule has 1 fully saturated rings. The zero-order valence-electron chi connectivity index (χ0n) is 16.8. The molecule has 0 radical (unpaired) electrons. The standard InChI is InChI=1S/C21H20Cl2N4O4.ClH/c22-16-6-5-12(9-17(16)23)18-13(10-24-7-8-30-18)11-25-20(28)15-4-2-1-3-14(15)19-26-21(29)31-27-19;/h1-6,9,13,18,24H,7-8,10-11H2,(H,25,28)(H,26,27,29);1H/t13-,18-;/m0./s1. The number of halogens is 3. The summed E-state index contributed by atoms with van der Waals surface area (Å²) >= 11 is 12.2. The molecule has 32 heavy (non-hydrogen) atoms. The number of benzene rings is 2. The van der Waals surface area contributed by atoms with Crippen molar-refractivity contribution < 1.29 is 14.1 Å². The van der Waals surface area contributed by atoms with Gasteiger partial charge in [0.2, 0.25) is 0 Å². The molecule has 2 atom stereocenters. The first-order chi connectivity index (χ1) is 15.0. The minimum atomic E-state index is -0.684. The quantitative estimate of drug-likeness (QED) is 0.496. The van der Waals surface area contributed by atoms with Gasteiger partial charge in [-0.25, -0.2) is 4.79 Å². The van der Waals surface area contributed by atoms with E-state index in [-0.39, 0.29) is 36.2 Å². The van der Waals surface area contributed by atoms with E-state index in [2.05, 4.69) is 25.3 Å². The number of aromatic nitrogens is 2. The van der Waals surface area contributed by atoms with E-state index in [4.69, 9.17) is 27.9 Å². The fourth-order valence-electron chi connectivity index (χ4n) is 3.58. The molecule has 2 aromatic carbocycles. The van der Waals surface area contributed by atoms with Gasteiger partial charge in [-0.2, -0.15) is 0 Å². The summed E-state index contributed by atoms with van der Waals surface area (Å²) < 4.78 is 10.6. The van der Waals surface area contributed by atoms with Gasteiger partial charge in [0.1, 0.15) is 0 Å². The van der Waals surface area contributed by atoms with E-state index in [1.54, 1.807) is 36.4 Å². The van der Waals surface area contributed by atoms with Crippen LogP contribution in [0.3, 0.4) is 0 Å². The topological polar surface area (TPSA) is 109 Å². The summed E-state index contributed by atoms with van der Waals surface area (Å²) in [5, 5.41) is 10.9. The van der Waals surface area contributed by atoms with Gasteiger partial charge in [-0.05, 0) is 23.8 Å². The molecule has 1 aliphatic rings. The monoisotopic (exact) mass is 498 g/mol. The van der Waals surface area contributed by atoms with Crippen LogP contribution in [0.2, 0.25) is 10.0 Å². The zero-order chi connectivity index (χ0) is 21.8. The number of rotatable bonds is 5. The molecule has 4 rings (SSSR count). The maximum atomic E-state index is 13.0. The van der Waals surface area contributed by atoms with Crippen LogP contribution in [0.4, 0.5) is 0 Å². The highest BCUT2D eigenvalue weighted by molar-refractivity contribution is 6.42. The van der Waals surface area contributed by atoms with Crippen LogP contribution in [0.15, 0.2) is 51.8 Å². The Kier molecular flexibility index (Phi) is 8.33. The third kappa shape index (κ3) is 5.51. The molecular formula is C21H21Cl3N4O4. The van der Waals surface area contributed by atoms with Crippen molar-refractivity contribution in [1.82, 2.24) is 20.8 Å². The van der Waals surface area contributed by atoms with E-state index in [1.807, 2.05) is 6.07 Å². The van der Waals surface area contributed by atoms with E-state index >= 15 is 0 Å². The summed E-state index contributed by atoms with van der Waals surface area (Å²) in [4.78, 5) is 26.7. The number of aromatic amines is 1. The van der Waals surface area contributed by atoms with Gasteiger partial charge < -0.3 is 15.4 Å². The zero-order valence-corrected chi connectivity index (χ0v) is 19.1. The molecule has 0 bridgehead atoms. The average molecular weight is 500 g/mol.